The molecule has 2 heteroatoms. The molecule has 5 atom stereocenters. The molecule has 2 aliphatic heterocycles. The monoisotopic (exact) mass is 453 g/mol. The van der Waals surface area contributed by atoms with Crippen molar-refractivity contribution in [1.82, 2.24) is 0 Å². The first-order valence-electron chi connectivity index (χ1n) is 11.2. The molecule has 4 aliphatic rings. The molecule has 0 amide bonds. The van der Waals surface area contributed by atoms with Crippen molar-refractivity contribution in [1.29, 1.82) is 0 Å². The van der Waals surface area contributed by atoms with E-state index in [1.807, 2.05) is 0 Å². The van der Waals surface area contributed by atoms with Crippen LogP contribution in [0.2, 0.25) is 0 Å². The summed E-state index contributed by atoms with van der Waals surface area (Å²) in [5.74, 6) is 2.41. The predicted octanol–water partition coefficient (Wildman–Crippen LogP) is 7.50. The van der Waals surface area contributed by atoms with Gasteiger partial charge in [-0.1, -0.05) is 76.6 Å². The van der Waals surface area contributed by atoms with Gasteiger partial charge in [0.1, 0.15) is 0 Å². The van der Waals surface area contributed by atoms with Crippen molar-refractivity contribution in [2.75, 3.05) is 11.4 Å². The van der Waals surface area contributed by atoms with E-state index in [0.29, 0.717) is 29.7 Å². The van der Waals surface area contributed by atoms with Crippen molar-refractivity contribution in [3.05, 3.63) is 100 Å². The molecule has 0 saturated carbocycles. The Balaban J connectivity index is 1.54. The van der Waals surface area contributed by atoms with Crippen LogP contribution in [0.4, 0.5) is 5.69 Å². The van der Waals surface area contributed by atoms with Gasteiger partial charge in [0.15, 0.2) is 0 Å². The third-order valence-corrected chi connectivity index (χ3v) is 8.49. The van der Waals surface area contributed by atoms with Gasteiger partial charge < -0.3 is 4.90 Å². The number of fused-ring (bicyclic) bond motifs is 6. The van der Waals surface area contributed by atoms with Crippen LogP contribution in [0.3, 0.4) is 0 Å². The maximum atomic E-state index is 3.64. The molecule has 30 heavy (non-hydrogen) atoms. The highest BCUT2D eigenvalue weighted by atomic mass is 79.9. The lowest BCUT2D eigenvalue weighted by Gasteiger charge is -2.51. The van der Waals surface area contributed by atoms with E-state index in [4.69, 9.17) is 0 Å². The molecule has 0 spiro atoms. The van der Waals surface area contributed by atoms with E-state index in [1.165, 1.54) is 35.7 Å². The van der Waals surface area contributed by atoms with Gasteiger partial charge in [-0.05, 0) is 70.3 Å². The first kappa shape index (κ1) is 17.4. The summed E-state index contributed by atoms with van der Waals surface area (Å²) in [4.78, 5) is 2.81. The fraction of sp³-hybridized carbons (Fsp3) is 0.286. The molecule has 0 aromatic heterocycles. The maximum absolute atomic E-state index is 3.64. The largest absolute Gasteiger partial charge is 0.363 e. The Morgan fingerprint density at radius 1 is 0.867 bits per heavy atom. The summed E-state index contributed by atoms with van der Waals surface area (Å²) in [5.41, 5.74) is 6.16. The first-order valence-corrected chi connectivity index (χ1v) is 12.0. The van der Waals surface area contributed by atoms with Crippen LogP contribution in [0.5, 0.6) is 0 Å². The molecule has 0 saturated heterocycles. The summed E-state index contributed by atoms with van der Waals surface area (Å²) < 4.78 is 1.16. The molecular weight excluding hydrogens is 430 g/mol. The summed E-state index contributed by atoms with van der Waals surface area (Å²) in [5, 5.41) is 2.87. The zero-order chi connectivity index (χ0) is 19.8. The normalized spacial score (nSPS) is 30.4. The lowest BCUT2D eigenvalue weighted by Crippen LogP contribution is -2.46. The highest BCUT2D eigenvalue weighted by Gasteiger charge is 2.48. The van der Waals surface area contributed by atoms with Crippen LogP contribution in [0, 0.1) is 11.8 Å². The van der Waals surface area contributed by atoms with E-state index in [9.17, 15) is 0 Å². The first-order chi connectivity index (χ1) is 14.8. The fourth-order valence-electron chi connectivity index (χ4n) is 6.77. The van der Waals surface area contributed by atoms with Crippen molar-refractivity contribution >= 4 is 32.4 Å². The minimum atomic E-state index is 0.451. The topological polar surface area (TPSA) is 3.24 Å². The number of rotatable bonds is 1. The van der Waals surface area contributed by atoms with Crippen LogP contribution in [0.25, 0.3) is 10.8 Å². The highest BCUT2D eigenvalue weighted by Crippen LogP contribution is 2.60. The Bertz CT molecular complexity index is 1220. The van der Waals surface area contributed by atoms with Crippen LogP contribution in [0.1, 0.15) is 47.4 Å². The third-order valence-electron chi connectivity index (χ3n) is 7.96. The van der Waals surface area contributed by atoms with Gasteiger partial charge in [0.2, 0.25) is 0 Å². The zero-order valence-electron chi connectivity index (χ0n) is 16.8. The van der Waals surface area contributed by atoms with Crippen molar-refractivity contribution in [2.45, 2.75) is 30.7 Å². The summed E-state index contributed by atoms with van der Waals surface area (Å²) in [6, 6.07) is 21.1. The smallest absolute Gasteiger partial charge is 0.0582 e. The molecule has 0 unspecified atom stereocenters. The van der Waals surface area contributed by atoms with Gasteiger partial charge in [-0.2, -0.15) is 0 Å². The zero-order valence-corrected chi connectivity index (χ0v) is 18.4. The van der Waals surface area contributed by atoms with E-state index >= 15 is 0 Å². The van der Waals surface area contributed by atoms with Gasteiger partial charge in [0.25, 0.3) is 0 Å². The number of nitrogens with zero attached hydrogens (tertiary/aromatic N) is 1. The summed E-state index contributed by atoms with van der Waals surface area (Å²) in [6.45, 7) is 1.17. The molecule has 3 aromatic rings. The quantitative estimate of drug-likeness (QED) is 0.344. The Morgan fingerprint density at radius 2 is 1.67 bits per heavy atom. The van der Waals surface area contributed by atoms with Gasteiger partial charge >= 0.3 is 0 Å². The summed E-state index contributed by atoms with van der Waals surface area (Å²) in [7, 11) is 0. The van der Waals surface area contributed by atoms with Crippen LogP contribution in [-0.4, -0.2) is 6.54 Å². The van der Waals surface area contributed by atoms with Crippen molar-refractivity contribution in [2.24, 2.45) is 11.8 Å². The average Bonchev–Trinajstić information content (AvgIpc) is 3.44. The molecule has 0 N–H and O–H groups in total. The molecular formula is C28H24BrN. The molecule has 2 heterocycles. The number of hydrogen-bond acceptors (Lipinski definition) is 1. The van der Waals surface area contributed by atoms with E-state index in [1.54, 1.807) is 16.8 Å². The van der Waals surface area contributed by atoms with Gasteiger partial charge in [-0.25, -0.2) is 0 Å². The molecule has 1 nitrogen and oxygen atoms in total. The van der Waals surface area contributed by atoms with Crippen molar-refractivity contribution in [3.8, 4) is 0 Å². The Morgan fingerprint density at radius 3 is 2.57 bits per heavy atom. The summed E-state index contributed by atoms with van der Waals surface area (Å²) >= 11 is 3.64. The number of anilines is 1. The molecule has 148 valence electrons. The standard InChI is InChI=1S/C28H24BrN/c29-20-13-11-17(12-14-20)27-24-10-4-9-23(24)26-22-7-2-1-5-18(22)15-25-21-8-3-6-19(21)16-30(27)28(25)26/h1-5,7-9,11-15,19,21,23-24,27H,6,10,16H2/t19-,21+,23-,24+,27+/m1/s1. The van der Waals surface area contributed by atoms with Crippen molar-refractivity contribution < 1.29 is 0 Å². The molecule has 7 rings (SSSR count). The van der Waals surface area contributed by atoms with Gasteiger partial charge in [-0.15, -0.1) is 0 Å². The predicted molar refractivity (Wildman–Crippen MR) is 128 cm³/mol. The minimum Gasteiger partial charge on any atom is -0.363 e. The van der Waals surface area contributed by atoms with Crippen LogP contribution in [-0.2, 0) is 0 Å². The number of benzene rings is 3. The Hall–Kier alpha value is -2.32. The molecule has 2 aliphatic carbocycles. The maximum Gasteiger partial charge on any atom is 0.0582 e. The summed E-state index contributed by atoms with van der Waals surface area (Å²) in [6.07, 6.45) is 12.2. The molecule has 0 radical (unpaired) electrons. The Kier molecular flexibility index (Phi) is 3.67. The fourth-order valence-corrected chi connectivity index (χ4v) is 7.03. The van der Waals surface area contributed by atoms with Gasteiger partial charge in [0.05, 0.1) is 6.04 Å². The number of allylic oxidation sites excluding steroid dienone is 4. The van der Waals surface area contributed by atoms with Crippen LogP contribution >= 0.6 is 15.9 Å². The average molecular weight is 454 g/mol. The van der Waals surface area contributed by atoms with E-state index in [0.717, 1.165) is 4.47 Å². The third kappa shape index (κ3) is 2.29. The SMILES string of the molecule is Brc1ccc([C@H]2[C@H]3CC=C[C@H]3c3c4c(cc5ccccc35)[C@H]3C=CC[C@@H]3CN42)cc1. The van der Waals surface area contributed by atoms with Crippen molar-refractivity contribution in [3.63, 3.8) is 0 Å². The van der Waals surface area contributed by atoms with E-state index in [-0.39, 0.29) is 0 Å². The Labute approximate surface area is 186 Å². The van der Waals surface area contributed by atoms with Crippen LogP contribution < -0.4 is 4.90 Å². The second-order valence-electron chi connectivity index (χ2n) is 9.40. The molecule has 0 bridgehead atoms. The van der Waals surface area contributed by atoms with Gasteiger partial charge in [-0.3, -0.25) is 0 Å². The lowest BCUT2D eigenvalue weighted by atomic mass is 9.69. The van der Waals surface area contributed by atoms with Crippen LogP contribution in [0.15, 0.2) is 83.4 Å². The number of halogens is 1. The van der Waals surface area contributed by atoms with E-state index in [2.05, 4.69) is 99.7 Å². The number of hydrogen-bond donors (Lipinski definition) is 0. The highest BCUT2D eigenvalue weighted by molar-refractivity contribution is 9.10. The molecule has 3 aromatic carbocycles. The van der Waals surface area contributed by atoms with Gasteiger partial charge in [0, 0.05) is 28.5 Å². The van der Waals surface area contributed by atoms with E-state index < -0.39 is 0 Å². The lowest BCUT2D eigenvalue weighted by molar-refractivity contribution is 0.336. The second-order valence-corrected chi connectivity index (χ2v) is 10.3. The molecule has 0 fully saturated rings. The minimum absolute atomic E-state index is 0.451. The second kappa shape index (κ2) is 6.34.